The van der Waals surface area contributed by atoms with Crippen molar-refractivity contribution in [2.45, 2.75) is 26.3 Å². The Balaban J connectivity index is 1.91. The van der Waals surface area contributed by atoms with Gasteiger partial charge in [-0.3, -0.25) is 0 Å². The monoisotopic (exact) mass is 328 g/mol. The Hall–Kier alpha value is -0.910. The molecule has 0 unspecified atom stereocenters. The van der Waals surface area contributed by atoms with E-state index >= 15 is 0 Å². The fourth-order valence-corrected chi connectivity index (χ4v) is 4.22. The molecule has 1 aliphatic rings. The summed E-state index contributed by atoms with van der Waals surface area (Å²) in [6.07, 6.45) is 1.83. The van der Waals surface area contributed by atoms with Crippen LogP contribution in [0.1, 0.15) is 30.2 Å². The minimum Gasteiger partial charge on any atom is -0.384 e. The highest BCUT2D eigenvalue weighted by molar-refractivity contribution is 7.87. The molecule has 1 aliphatic heterocycles. The number of hydrogen-bond acceptors (Lipinski definition) is 4. The molecular formula is C14H20N2O3S2. The summed E-state index contributed by atoms with van der Waals surface area (Å²) in [5.41, 5.74) is 0.801. The number of aliphatic hydroxyl groups is 1. The smallest absolute Gasteiger partial charge is 0.279 e. The molecule has 5 nitrogen and oxygen atoms in total. The second kappa shape index (κ2) is 7.38. The van der Waals surface area contributed by atoms with E-state index in [0.717, 1.165) is 23.3 Å². The molecule has 7 heteroatoms. The maximum atomic E-state index is 12.2. The van der Waals surface area contributed by atoms with Gasteiger partial charge in [-0.25, -0.2) is 0 Å². The molecule has 1 aromatic heterocycles. The highest BCUT2D eigenvalue weighted by atomic mass is 32.2. The minimum absolute atomic E-state index is 0.175. The molecule has 1 aromatic rings. The second-order valence-electron chi connectivity index (χ2n) is 5.17. The van der Waals surface area contributed by atoms with Gasteiger partial charge in [0.05, 0.1) is 0 Å². The van der Waals surface area contributed by atoms with Gasteiger partial charge in [-0.2, -0.15) is 17.4 Å². The zero-order valence-electron chi connectivity index (χ0n) is 12.0. The number of piperidine rings is 1. The summed E-state index contributed by atoms with van der Waals surface area (Å²) in [5.74, 6) is 5.97. The van der Waals surface area contributed by atoms with Gasteiger partial charge in [-0.15, -0.1) is 11.3 Å². The molecule has 0 atom stereocenters. The predicted octanol–water partition coefficient (Wildman–Crippen LogP) is 1.16. The normalized spacial score (nSPS) is 17.4. The van der Waals surface area contributed by atoms with E-state index in [1.54, 1.807) is 0 Å². The van der Waals surface area contributed by atoms with Crippen LogP contribution in [0.5, 0.6) is 0 Å². The zero-order valence-corrected chi connectivity index (χ0v) is 13.6. The van der Waals surface area contributed by atoms with Crippen LogP contribution in [-0.4, -0.2) is 37.5 Å². The molecule has 116 valence electrons. The van der Waals surface area contributed by atoms with Crippen LogP contribution in [0.2, 0.25) is 0 Å². The van der Waals surface area contributed by atoms with Crippen LogP contribution in [0.4, 0.5) is 0 Å². The Morgan fingerprint density at radius 1 is 1.48 bits per heavy atom. The lowest BCUT2D eigenvalue weighted by molar-refractivity contribution is 0.285. The fourth-order valence-electron chi connectivity index (χ4n) is 2.16. The third kappa shape index (κ3) is 4.80. The average molecular weight is 328 g/mol. The molecule has 0 spiro atoms. The maximum absolute atomic E-state index is 12.2. The first-order valence-electron chi connectivity index (χ1n) is 6.93. The van der Waals surface area contributed by atoms with Crippen molar-refractivity contribution >= 4 is 21.5 Å². The van der Waals surface area contributed by atoms with Gasteiger partial charge in [0.2, 0.25) is 0 Å². The van der Waals surface area contributed by atoms with E-state index in [9.17, 15) is 8.42 Å². The molecule has 1 fully saturated rings. The Bertz CT molecular complexity index is 620. The van der Waals surface area contributed by atoms with E-state index in [2.05, 4.69) is 23.5 Å². The van der Waals surface area contributed by atoms with Crippen molar-refractivity contribution < 1.29 is 13.5 Å². The summed E-state index contributed by atoms with van der Waals surface area (Å²) in [4.78, 5) is 0.909. The predicted molar refractivity (Wildman–Crippen MR) is 84.0 cm³/mol. The van der Waals surface area contributed by atoms with Crippen molar-refractivity contribution in [2.75, 3.05) is 19.7 Å². The Kier molecular flexibility index (Phi) is 5.79. The van der Waals surface area contributed by atoms with E-state index in [-0.39, 0.29) is 13.2 Å². The number of hydrogen-bond donors (Lipinski definition) is 2. The first kappa shape index (κ1) is 16.5. The van der Waals surface area contributed by atoms with Gasteiger partial charge in [0.15, 0.2) is 0 Å². The van der Waals surface area contributed by atoms with Crippen LogP contribution in [0.3, 0.4) is 0 Å². The number of aliphatic hydroxyl groups excluding tert-OH is 1. The minimum atomic E-state index is -3.40. The summed E-state index contributed by atoms with van der Waals surface area (Å²) < 4.78 is 28.6. The number of rotatable bonds is 4. The average Bonchev–Trinajstić information content (AvgIpc) is 2.91. The van der Waals surface area contributed by atoms with E-state index in [0.29, 0.717) is 19.0 Å². The van der Waals surface area contributed by atoms with E-state index in [1.807, 2.05) is 11.4 Å². The first-order chi connectivity index (χ1) is 10.0. The van der Waals surface area contributed by atoms with E-state index < -0.39 is 10.2 Å². The second-order valence-corrected chi connectivity index (χ2v) is 7.92. The number of nitrogens with one attached hydrogen (secondary N) is 1. The van der Waals surface area contributed by atoms with Crippen LogP contribution in [0, 0.1) is 17.8 Å². The first-order valence-corrected chi connectivity index (χ1v) is 9.25. The van der Waals surface area contributed by atoms with Gasteiger partial charge in [0, 0.05) is 35.5 Å². The number of nitrogens with zero attached hydrogens (tertiary/aromatic N) is 1. The van der Waals surface area contributed by atoms with Crippen molar-refractivity contribution in [2.24, 2.45) is 5.92 Å². The molecule has 0 aliphatic carbocycles. The molecule has 0 saturated carbocycles. The molecule has 21 heavy (non-hydrogen) atoms. The summed E-state index contributed by atoms with van der Waals surface area (Å²) in [5, 5.41) is 10.5. The fraction of sp³-hybridized carbons (Fsp3) is 0.571. The van der Waals surface area contributed by atoms with Crippen molar-refractivity contribution in [3.8, 4) is 11.8 Å². The SMILES string of the molecule is CC1CCN(S(=O)(=O)NCc2cc(C#CCO)cs2)CC1. The highest BCUT2D eigenvalue weighted by Gasteiger charge is 2.25. The van der Waals surface area contributed by atoms with Gasteiger partial charge in [-0.1, -0.05) is 18.8 Å². The Morgan fingerprint density at radius 2 is 2.19 bits per heavy atom. The van der Waals surface area contributed by atoms with Gasteiger partial charge in [-0.05, 0) is 24.8 Å². The van der Waals surface area contributed by atoms with Gasteiger partial charge >= 0.3 is 0 Å². The summed E-state index contributed by atoms with van der Waals surface area (Å²) >= 11 is 1.46. The molecule has 2 rings (SSSR count). The van der Waals surface area contributed by atoms with Gasteiger partial charge < -0.3 is 5.11 Å². The molecule has 0 radical (unpaired) electrons. The molecule has 0 amide bonds. The largest absolute Gasteiger partial charge is 0.384 e. The van der Waals surface area contributed by atoms with Crippen molar-refractivity contribution in [3.05, 3.63) is 21.9 Å². The lowest BCUT2D eigenvalue weighted by Gasteiger charge is -2.29. The third-order valence-electron chi connectivity index (χ3n) is 3.48. The summed E-state index contributed by atoms with van der Waals surface area (Å²) in [7, 11) is -3.40. The lowest BCUT2D eigenvalue weighted by Crippen LogP contribution is -2.44. The molecular weight excluding hydrogens is 308 g/mol. The molecule has 2 N–H and O–H groups in total. The van der Waals surface area contributed by atoms with Crippen LogP contribution in [0.15, 0.2) is 11.4 Å². The highest BCUT2D eigenvalue weighted by Crippen LogP contribution is 2.19. The van der Waals surface area contributed by atoms with Gasteiger partial charge in [0.25, 0.3) is 10.2 Å². The van der Waals surface area contributed by atoms with Gasteiger partial charge in [0.1, 0.15) is 6.61 Å². The Morgan fingerprint density at radius 3 is 2.86 bits per heavy atom. The van der Waals surface area contributed by atoms with Crippen LogP contribution in [0.25, 0.3) is 0 Å². The topological polar surface area (TPSA) is 69.6 Å². The van der Waals surface area contributed by atoms with Crippen LogP contribution < -0.4 is 4.72 Å². The summed E-state index contributed by atoms with van der Waals surface area (Å²) in [6.45, 7) is 3.44. The van der Waals surface area contributed by atoms with Crippen molar-refractivity contribution in [1.82, 2.24) is 9.03 Å². The maximum Gasteiger partial charge on any atom is 0.279 e. The van der Waals surface area contributed by atoms with E-state index in [4.69, 9.17) is 5.11 Å². The molecule has 1 saturated heterocycles. The zero-order chi connectivity index (χ0) is 15.3. The third-order valence-corrected chi connectivity index (χ3v) is 5.97. The van der Waals surface area contributed by atoms with E-state index in [1.165, 1.54) is 15.6 Å². The van der Waals surface area contributed by atoms with Crippen molar-refractivity contribution in [3.63, 3.8) is 0 Å². The number of thiophene rings is 1. The molecule has 0 aromatic carbocycles. The summed E-state index contributed by atoms with van der Waals surface area (Å²) in [6, 6.07) is 1.84. The van der Waals surface area contributed by atoms with Crippen molar-refractivity contribution in [1.29, 1.82) is 0 Å². The molecule has 0 bridgehead atoms. The Labute approximate surface area is 130 Å². The quantitative estimate of drug-likeness (QED) is 0.815. The van der Waals surface area contributed by atoms with Crippen LogP contribution in [-0.2, 0) is 16.8 Å². The standard InChI is InChI=1S/C14H20N2O3S2/c1-12-4-6-16(7-5-12)21(18,19)15-10-14-9-13(11-20-14)3-2-8-17/h9,11-12,15,17H,4-8,10H2,1H3. The van der Waals surface area contributed by atoms with Crippen LogP contribution >= 0.6 is 11.3 Å². The lowest BCUT2D eigenvalue weighted by atomic mass is 10.0. The molecule has 2 heterocycles.